The highest BCUT2D eigenvalue weighted by atomic mass is 79.9. The second kappa shape index (κ2) is 4.53. The predicted molar refractivity (Wildman–Crippen MR) is 64.9 cm³/mol. The van der Waals surface area contributed by atoms with Gasteiger partial charge in [-0.3, -0.25) is 0 Å². The van der Waals surface area contributed by atoms with E-state index in [4.69, 9.17) is 4.42 Å². The maximum Gasteiger partial charge on any atom is 0.125 e. The smallest absolute Gasteiger partial charge is 0.125 e. The van der Waals surface area contributed by atoms with Gasteiger partial charge in [0.2, 0.25) is 0 Å². The van der Waals surface area contributed by atoms with Crippen LogP contribution < -0.4 is 5.32 Å². The fourth-order valence-electron chi connectivity index (χ4n) is 1.44. The molecular weight excluding hydrogens is 254 g/mol. The van der Waals surface area contributed by atoms with Crippen molar-refractivity contribution >= 4 is 21.6 Å². The van der Waals surface area contributed by atoms with Gasteiger partial charge in [0, 0.05) is 10.2 Å². The molecular formula is C12H12BrNO. The normalized spacial score (nSPS) is 12.4. The largest absolute Gasteiger partial charge is 0.467 e. The van der Waals surface area contributed by atoms with Crippen molar-refractivity contribution in [2.45, 2.75) is 13.0 Å². The quantitative estimate of drug-likeness (QED) is 0.899. The van der Waals surface area contributed by atoms with Crippen LogP contribution in [0.5, 0.6) is 0 Å². The number of anilines is 1. The minimum atomic E-state index is 0.175. The molecule has 0 saturated heterocycles. The summed E-state index contributed by atoms with van der Waals surface area (Å²) < 4.78 is 6.39. The highest BCUT2D eigenvalue weighted by Gasteiger charge is 2.07. The molecule has 1 atom stereocenters. The predicted octanol–water partition coefficient (Wildman–Crippen LogP) is 4.22. The number of benzene rings is 1. The summed E-state index contributed by atoms with van der Waals surface area (Å²) in [6, 6.07) is 12.1. The lowest BCUT2D eigenvalue weighted by Crippen LogP contribution is -2.05. The average Bonchev–Trinajstić information content (AvgIpc) is 2.70. The van der Waals surface area contributed by atoms with Crippen LogP contribution in [0.25, 0.3) is 0 Å². The number of furan rings is 1. The molecule has 0 aliphatic heterocycles. The zero-order chi connectivity index (χ0) is 10.7. The van der Waals surface area contributed by atoms with Crippen molar-refractivity contribution in [2.24, 2.45) is 0 Å². The van der Waals surface area contributed by atoms with E-state index in [0.717, 1.165) is 15.9 Å². The van der Waals surface area contributed by atoms with E-state index in [0.29, 0.717) is 0 Å². The lowest BCUT2D eigenvalue weighted by atomic mass is 10.2. The first-order chi connectivity index (χ1) is 7.25. The second-order valence-electron chi connectivity index (χ2n) is 3.39. The molecule has 2 nitrogen and oxygen atoms in total. The SMILES string of the molecule is C[C@@H](Nc1cccc(Br)c1)c1ccco1. The summed E-state index contributed by atoms with van der Waals surface area (Å²) in [6.45, 7) is 2.07. The van der Waals surface area contributed by atoms with Gasteiger partial charge in [-0.1, -0.05) is 22.0 Å². The molecule has 78 valence electrons. The van der Waals surface area contributed by atoms with Crippen molar-refractivity contribution in [1.82, 2.24) is 0 Å². The van der Waals surface area contributed by atoms with Gasteiger partial charge in [0.05, 0.1) is 12.3 Å². The highest BCUT2D eigenvalue weighted by Crippen LogP contribution is 2.21. The van der Waals surface area contributed by atoms with Crippen LogP contribution >= 0.6 is 15.9 Å². The van der Waals surface area contributed by atoms with Crippen molar-refractivity contribution in [1.29, 1.82) is 0 Å². The molecule has 0 amide bonds. The van der Waals surface area contributed by atoms with E-state index >= 15 is 0 Å². The van der Waals surface area contributed by atoms with E-state index < -0.39 is 0 Å². The van der Waals surface area contributed by atoms with Crippen LogP contribution in [0.3, 0.4) is 0 Å². The summed E-state index contributed by atoms with van der Waals surface area (Å²) >= 11 is 3.44. The van der Waals surface area contributed by atoms with Crippen LogP contribution in [0.1, 0.15) is 18.7 Å². The van der Waals surface area contributed by atoms with E-state index in [9.17, 15) is 0 Å². The third-order valence-electron chi connectivity index (χ3n) is 2.18. The van der Waals surface area contributed by atoms with Crippen molar-refractivity contribution in [3.63, 3.8) is 0 Å². The Labute approximate surface area is 97.4 Å². The summed E-state index contributed by atoms with van der Waals surface area (Å²) in [5.74, 6) is 0.940. The van der Waals surface area contributed by atoms with E-state index in [-0.39, 0.29) is 6.04 Å². The Morgan fingerprint density at radius 2 is 2.13 bits per heavy atom. The molecule has 0 spiro atoms. The lowest BCUT2D eigenvalue weighted by Gasteiger charge is -2.12. The molecule has 0 saturated carbocycles. The molecule has 1 aromatic heterocycles. The molecule has 0 fully saturated rings. The van der Waals surface area contributed by atoms with Crippen molar-refractivity contribution in [3.05, 3.63) is 52.9 Å². The number of hydrogen-bond donors (Lipinski definition) is 1. The summed E-state index contributed by atoms with van der Waals surface area (Å²) in [6.07, 6.45) is 1.69. The third kappa shape index (κ3) is 2.63. The monoisotopic (exact) mass is 265 g/mol. The van der Waals surface area contributed by atoms with Crippen molar-refractivity contribution in [2.75, 3.05) is 5.32 Å². The van der Waals surface area contributed by atoms with Crippen LogP contribution in [0, 0.1) is 0 Å². The van der Waals surface area contributed by atoms with Gasteiger partial charge in [0.1, 0.15) is 5.76 Å². The van der Waals surface area contributed by atoms with Gasteiger partial charge >= 0.3 is 0 Å². The maximum atomic E-state index is 5.32. The van der Waals surface area contributed by atoms with Crippen molar-refractivity contribution in [3.8, 4) is 0 Å². The van der Waals surface area contributed by atoms with Gasteiger partial charge in [-0.25, -0.2) is 0 Å². The van der Waals surface area contributed by atoms with Crippen LogP contribution in [-0.4, -0.2) is 0 Å². The first-order valence-electron chi connectivity index (χ1n) is 4.81. The van der Waals surface area contributed by atoms with Gasteiger partial charge in [-0.15, -0.1) is 0 Å². The van der Waals surface area contributed by atoms with E-state index in [1.807, 2.05) is 36.4 Å². The molecule has 1 N–H and O–H groups in total. The Morgan fingerprint density at radius 3 is 2.80 bits per heavy atom. The van der Waals surface area contributed by atoms with Crippen molar-refractivity contribution < 1.29 is 4.42 Å². The fraction of sp³-hybridized carbons (Fsp3) is 0.167. The molecule has 0 aliphatic carbocycles. The lowest BCUT2D eigenvalue weighted by molar-refractivity contribution is 0.490. The zero-order valence-electron chi connectivity index (χ0n) is 8.41. The molecule has 2 rings (SSSR count). The average molecular weight is 266 g/mol. The molecule has 15 heavy (non-hydrogen) atoms. The Morgan fingerprint density at radius 1 is 1.27 bits per heavy atom. The zero-order valence-corrected chi connectivity index (χ0v) is 9.99. The third-order valence-corrected chi connectivity index (χ3v) is 2.67. The highest BCUT2D eigenvalue weighted by molar-refractivity contribution is 9.10. The molecule has 1 aromatic carbocycles. The summed E-state index contributed by atoms with van der Waals surface area (Å²) in [7, 11) is 0. The molecule has 1 heterocycles. The number of halogens is 1. The summed E-state index contributed by atoms with van der Waals surface area (Å²) in [5.41, 5.74) is 1.08. The fourth-order valence-corrected chi connectivity index (χ4v) is 1.84. The first-order valence-corrected chi connectivity index (χ1v) is 5.60. The van der Waals surface area contributed by atoms with Gasteiger partial charge in [0.15, 0.2) is 0 Å². The van der Waals surface area contributed by atoms with Crippen LogP contribution in [0.2, 0.25) is 0 Å². The Balaban J connectivity index is 2.09. The van der Waals surface area contributed by atoms with Gasteiger partial charge < -0.3 is 9.73 Å². The molecule has 0 aliphatic rings. The minimum Gasteiger partial charge on any atom is -0.467 e. The van der Waals surface area contributed by atoms with Gasteiger partial charge in [-0.2, -0.15) is 0 Å². The van der Waals surface area contributed by atoms with Crippen LogP contribution in [-0.2, 0) is 0 Å². The maximum absolute atomic E-state index is 5.32. The molecule has 0 bridgehead atoms. The van der Waals surface area contributed by atoms with Gasteiger partial charge in [-0.05, 0) is 37.3 Å². The number of nitrogens with one attached hydrogen (secondary N) is 1. The Hall–Kier alpha value is -1.22. The number of hydrogen-bond acceptors (Lipinski definition) is 2. The van der Waals surface area contributed by atoms with Crippen LogP contribution in [0.15, 0.2) is 51.6 Å². The first kappa shape index (κ1) is 10.3. The molecule has 2 aromatic rings. The van der Waals surface area contributed by atoms with E-state index in [1.165, 1.54) is 0 Å². The summed E-state index contributed by atoms with van der Waals surface area (Å²) in [5, 5.41) is 3.36. The summed E-state index contributed by atoms with van der Waals surface area (Å²) in [4.78, 5) is 0. The van der Waals surface area contributed by atoms with E-state index in [2.05, 4.69) is 28.2 Å². The Kier molecular flexibility index (Phi) is 3.11. The van der Waals surface area contributed by atoms with E-state index in [1.54, 1.807) is 6.26 Å². The van der Waals surface area contributed by atoms with Gasteiger partial charge in [0.25, 0.3) is 0 Å². The Bertz CT molecular complexity index is 425. The molecule has 0 unspecified atom stereocenters. The second-order valence-corrected chi connectivity index (χ2v) is 4.31. The topological polar surface area (TPSA) is 25.2 Å². The van der Waals surface area contributed by atoms with Crippen LogP contribution in [0.4, 0.5) is 5.69 Å². The number of rotatable bonds is 3. The minimum absolute atomic E-state index is 0.175. The molecule has 3 heteroatoms. The molecule has 0 radical (unpaired) electrons. The standard InChI is InChI=1S/C12H12BrNO/c1-9(12-6-3-7-15-12)14-11-5-2-4-10(13)8-11/h2-9,14H,1H3/t9-/m1/s1.